The van der Waals surface area contributed by atoms with Gasteiger partial charge in [-0.15, -0.1) is 0 Å². The second-order valence-electron chi connectivity index (χ2n) is 8.01. The summed E-state index contributed by atoms with van der Waals surface area (Å²) < 4.78 is 11.7. The minimum Gasteiger partial charge on any atom is -0.469 e. The average Bonchev–Trinajstić information content (AvgIpc) is 2.82. The van der Waals surface area contributed by atoms with Crippen molar-refractivity contribution in [3.63, 3.8) is 0 Å². The molecule has 1 fully saturated rings. The summed E-state index contributed by atoms with van der Waals surface area (Å²) in [4.78, 5) is 12.3. The molecule has 3 rings (SSSR count). The molecule has 0 aromatic carbocycles. The van der Waals surface area contributed by atoms with E-state index in [4.69, 9.17) is 9.15 Å². The zero-order valence-electron chi connectivity index (χ0n) is 14.8. The van der Waals surface area contributed by atoms with Gasteiger partial charge in [0.05, 0.1) is 17.8 Å². The lowest BCUT2D eigenvalue weighted by molar-refractivity contribution is -0.214. The molecule has 4 atom stereocenters. The Balaban J connectivity index is 2.13. The van der Waals surface area contributed by atoms with Crippen molar-refractivity contribution in [2.45, 2.75) is 72.0 Å². The topological polar surface area (TPSA) is 59.7 Å². The standard InChI is InChI=1S/C19H28O4/c1-11(2)17(20)23-16-15-12(3)10-22-14(15)9-19(21)8-6-7-13(4)18(16,19)5/h10-11,13,16,21H,6-9H2,1-5H3. The third kappa shape index (κ3) is 2.25. The maximum Gasteiger partial charge on any atom is 0.309 e. The lowest BCUT2D eigenvalue weighted by atomic mass is 9.51. The second kappa shape index (κ2) is 5.37. The van der Waals surface area contributed by atoms with Gasteiger partial charge in [0.1, 0.15) is 11.9 Å². The summed E-state index contributed by atoms with van der Waals surface area (Å²) in [5.74, 6) is 0.639. The van der Waals surface area contributed by atoms with E-state index in [1.54, 1.807) is 6.26 Å². The molecule has 0 spiro atoms. The van der Waals surface area contributed by atoms with Gasteiger partial charge in [0.15, 0.2) is 0 Å². The fraction of sp³-hybridized carbons (Fsp3) is 0.737. The molecule has 0 radical (unpaired) electrons. The smallest absolute Gasteiger partial charge is 0.309 e. The maximum absolute atomic E-state index is 12.3. The number of aryl methyl sites for hydroxylation is 1. The van der Waals surface area contributed by atoms with Gasteiger partial charge in [0, 0.05) is 17.4 Å². The summed E-state index contributed by atoms with van der Waals surface area (Å²) in [5.41, 5.74) is 0.601. The van der Waals surface area contributed by atoms with Crippen LogP contribution in [0.2, 0.25) is 0 Å². The lowest BCUT2D eigenvalue weighted by Crippen LogP contribution is -2.60. The maximum atomic E-state index is 12.3. The number of hydrogen-bond donors (Lipinski definition) is 1. The van der Waals surface area contributed by atoms with Crippen LogP contribution in [-0.4, -0.2) is 16.7 Å². The minimum atomic E-state index is -0.885. The first kappa shape index (κ1) is 16.6. The van der Waals surface area contributed by atoms with Crippen molar-refractivity contribution in [3.8, 4) is 0 Å². The van der Waals surface area contributed by atoms with E-state index in [9.17, 15) is 9.90 Å². The lowest BCUT2D eigenvalue weighted by Gasteiger charge is -2.57. The molecule has 1 aromatic rings. The first-order valence-electron chi connectivity index (χ1n) is 8.70. The van der Waals surface area contributed by atoms with Crippen LogP contribution in [0.5, 0.6) is 0 Å². The number of carbonyl (C=O) groups is 1. The summed E-state index contributed by atoms with van der Waals surface area (Å²) in [6.45, 7) is 9.92. The molecule has 23 heavy (non-hydrogen) atoms. The minimum absolute atomic E-state index is 0.192. The molecule has 1 heterocycles. The SMILES string of the molecule is Cc1coc2c1C(OC(=O)C(C)C)C1(C)C(C)CCCC1(O)C2. The van der Waals surface area contributed by atoms with Crippen molar-refractivity contribution in [2.75, 3.05) is 0 Å². The fourth-order valence-electron chi connectivity index (χ4n) is 4.51. The average molecular weight is 320 g/mol. The molecule has 0 bridgehead atoms. The van der Waals surface area contributed by atoms with Gasteiger partial charge < -0.3 is 14.3 Å². The van der Waals surface area contributed by atoms with Crippen molar-refractivity contribution in [1.29, 1.82) is 0 Å². The van der Waals surface area contributed by atoms with E-state index in [1.807, 2.05) is 20.8 Å². The molecule has 1 N–H and O–H groups in total. The number of furan rings is 1. The number of hydrogen-bond acceptors (Lipinski definition) is 4. The Morgan fingerprint density at radius 2 is 2.17 bits per heavy atom. The zero-order valence-corrected chi connectivity index (χ0v) is 14.8. The first-order valence-corrected chi connectivity index (χ1v) is 8.70. The molecule has 4 heteroatoms. The van der Waals surface area contributed by atoms with Crippen molar-refractivity contribution in [3.05, 3.63) is 23.2 Å². The monoisotopic (exact) mass is 320 g/mol. The Kier molecular flexibility index (Phi) is 3.87. The zero-order chi connectivity index (χ0) is 17.0. The summed E-state index contributed by atoms with van der Waals surface area (Å²) in [5, 5.41) is 11.4. The van der Waals surface area contributed by atoms with Crippen LogP contribution in [0, 0.1) is 24.2 Å². The molecule has 0 saturated heterocycles. The van der Waals surface area contributed by atoms with E-state index in [2.05, 4.69) is 13.8 Å². The van der Waals surface area contributed by atoms with Crippen LogP contribution >= 0.6 is 0 Å². The molecular weight excluding hydrogens is 292 g/mol. The van der Waals surface area contributed by atoms with Gasteiger partial charge in [-0.2, -0.15) is 0 Å². The number of aliphatic hydroxyl groups is 1. The highest BCUT2D eigenvalue weighted by atomic mass is 16.5. The summed E-state index contributed by atoms with van der Waals surface area (Å²) >= 11 is 0. The van der Waals surface area contributed by atoms with E-state index in [-0.39, 0.29) is 17.8 Å². The summed E-state index contributed by atoms with van der Waals surface area (Å²) in [6.07, 6.45) is 4.54. The summed E-state index contributed by atoms with van der Waals surface area (Å²) in [6, 6.07) is 0. The number of fused-ring (bicyclic) bond motifs is 2. The van der Waals surface area contributed by atoms with Crippen LogP contribution in [0.4, 0.5) is 0 Å². The Bertz CT molecular complexity index is 617. The molecule has 0 aliphatic heterocycles. The molecule has 0 amide bonds. The fourth-order valence-corrected chi connectivity index (χ4v) is 4.51. The largest absolute Gasteiger partial charge is 0.469 e. The second-order valence-corrected chi connectivity index (χ2v) is 8.01. The van der Waals surface area contributed by atoms with Gasteiger partial charge >= 0.3 is 5.97 Å². The molecule has 1 aromatic heterocycles. The van der Waals surface area contributed by atoms with Crippen LogP contribution in [0.1, 0.15) is 69.9 Å². The highest BCUT2D eigenvalue weighted by molar-refractivity contribution is 5.72. The van der Waals surface area contributed by atoms with E-state index in [0.29, 0.717) is 6.42 Å². The van der Waals surface area contributed by atoms with Gasteiger partial charge in [0.2, 0.25) is 0 Å². The van der Waals surface area contributed by atoms with Crippen LogP contribution in [0.3, 0.4) is 0 Å². The predicted octanol–water partition coefficient (Wildman–Crippen LogP) is 3.94. The quantitative estimate of drug-likeness (QED) is 0.838. The van der Waals surface area contributed by atoms with Crippen molar-refractivity contribution >= 4 is 5.97 Å². The van der Waals surface area contributed by atoms with E-state index >= 15 is 0 Å². The molecular formula is C19H28O4. The number of carbonyl (C=O) groups excluding carboxylic acids is 1. The predicted molar refractivity (Wildman–Crippen MR) is 86.9 cm³/mol. The van der Waals surface area contributed by atoms with Gasteiger partial charge in [-0.1, -0.05) is 34.1 Å². The van der Waals surface area contributed by atoms with Gasteiger partial charge in [-0.25, -0.2) is 0 Å². The normalized spacial score (nSPS) is 36.5. The van der Waals surface area contributed by atoms with Crippen LogP contribution in [0.15, 0.2) is 10.7 Å². The number of rotatable bonds is 2. The van der Waals surface area contributed by atoms with Gasteiger partial charge in [-0.3, -0.25) is 4.79 Å². The molecule has 2 aliphatic rings. The van der Waals surface area contributed by atoms with Crippen molar-refractivity contribution < 1.29 is 19.1 Å². The van der Waals surface area contributed by atoms with Crippen molar-refractivity contribution in [1.82, 2.24) is 0 Å². The highest BCUT2D eigenvalue weighted by Crippen LogP contribution is 2.61. The van der Waals surface area contributed by atoms with Crippen molar-refractivity contribution in [2.24, 2.45) is 17.3 Å². The third-order valence-corrected chi connectivity index (χ3v) is 6.32. The molecule has 2 aliphatic carbocycles. The molecule has 128 valence electrons. The van der Waals surface area contributed by atoms with Gasteiger partial charge in [0.25, 0.3) is 0 Å². The van der Waals surface area contributed by atoms with Crippen LogP contribution < -0.4 is 0 Å². The Labute approximate surface area is 138 Å². The Morgan fingerprint density at radius 3 is 2.83 bits per heavy atom. The third-order valence-electron chi connectivity index (χ3n) is 6.32. The Hall–Kier alpha value is -1.29. The number of ether oxygens (including phenoxy) is 1. The van der Waals surface area contributed by atoms with Crippen LogP contribution in [0.25, 0.3) is 0 Å². The first-order chi connectivity index (χ1) is 10.7. The molecule has 1 saturated carbocycles. The van der Waals surface area contributed by atoms with E-state index < -0.39 is 17.1 Å². The Morgan fingerprint density at radius 1 is 1.48 bits per heavy atom. The van der Waals surface area contributed by atoms with Crippen LogP contribution in [-0.2, 0) is 16.0 Å². The van der Waals surface area contributed by atoms with Gasteiger partial charge in [-0.05, 0) is 31.2 Å². The summed E-state index contributed by atoms with van der Waals surface area (Å²) in [7, 11) is 0. The molecule has 4 nitrogen and oxygen atoms in total. The number of esters is 1. The van der Waals surface area contributed by atoms with E-state index in [0.717, 1.165) is 36.1 Å². The molecule has 4 unspecified atom stereocenters. The highest BCUT2D eigenvalue weighted by Gasteiger charge is 2.62. The van der Waals surface area contributed by atoms with E-state index in [1.165, 1.54) is 0 Å².